The van der Waals surface area contributed by atoms with Gasteiger partial charge in [0.15, 0.2) is 0 Å². The molecule has 1 rings (SSSR count). The van der Waals surface area contributed by atoms with Gasteiger partial charge in [-0.05, 0) is 18.6 Å². The van der Waals surface area contributed by atoms with Crippen LogP contribution in [0.15, 0.2) is 18.2 Å². The first kappa shape index (κ1) is 12.0. The van der Waals surface area contributed by atoms with Gasteiger partial charge in [-0.1, -0.05) is 13.0 Å². The number of aromatic carboxylic acids is 2. The van der Waals surface area contributed by atoms with Crippen molar-refractivity contribution >= 4 is 11.9 Å². The van der Waals surface area contributed by atoms with Crippen LogP contribution in [0.3, 0.4) is 0 Å². The van der Waals surface area contributed by atoms with E-state index < -0.39 is 11.9 Å². The van der Waals surface area contributed by atoms with Gasteiger partial charge in [0, 0.05) is 0 Å². The molecule has 0 atom stereocenters. The summed E-state index contributed by atoms with van der Waals surface area (Å²) in [5.41, 5.74) is -0.262. The van der Waals surface area contributed by atoms with Crippen LogP contribution < -0.4 is 4.74 Å². The summed E-state index contributed by atoms with van der Waals surface area (Å²) in [6.07, 6.45) is 0.674. The fourth-order valence-corrected chi connectivity index (χ4v) is 1.23. The molecule has 0 bridgehead atoms. The molecule has 5 nitrogen and oxygen atoms in total. The van der Waals surface area contributed by atoms with Crippen LogP contribution in [0.1, 0.15) is 34.1 Å². The zero-order chi connectivity index (χ0) is 12.1. The Hall–Kier alpha value is -2.04. The number of carboxylic acids is 2. The second-order valence-corrected chi connectivity index (χ2v) is 3.14. The van der Waals surface area contributed by atoms with E-state index in [0.29, 0.717) is 6.42 Å². The third-order valence-electron chi connectivity index (χ3n) is 1.93. The summed E-state index contributed by atoms with van der Waals surface area (Å²) >= 11 is 0. The van der Waals surface area contributed by atoms with E-state index in [0.717, 1.165) is 0 Å². The van der Waals surface area contributed by atoms with Crippen LogP contribution in [0.25, 0.3) is 0 Å². The fourth-order valence-electron chi connectivity index (χ4n) is 1.23. The molecule has 16 heavy (non-hydrogen) atoms. The van der Waals surface area contributed by atoms with E-state index in [4.69, 9.17) is 14.9 Å². The van der Waals surface area contributed by atoms with Gasteiger partial charge in [0.1, 0.15) is 16.9 Å². The fraction of sp³-hybridized carbons (Fsp3) is 0.273. The van der Waals surface area contributed by atoms with Crippen LogP contribution in [-0.4, -0.2) is 28.8 Å². The molecule has 0 aliphatic carbocycles. The normalized spacial score (nSPS) is 9.81. The summed E-state index contributed by atoms with van der Waals surface area (Å²) in [5.74, 6) is -2.48. The van der Waals surface area contributed by atoms with E-state index in [-0.39, 0.29) is 23.5 Å². The first-order valence-electron chi connectivity index (χ1n) is 4.80. The molecule has 0 aromatic heterocycles. The molecule has 0 aliphatic rings. The Labute approximate surface area is 92.3 Å². The highest BCUT2D eigenvalue weighted by molar-refractivity contribution is 5.98. The lowest BCUT2D eigenvalue weighted by molar-refractivity contribution is 0.0688. The molecular weight excluding hydrogens is 212 g/mol. The van der Waals surface area contributed by atoms with Crippen molar-refractivity contribution < 1.29 is 24.5 Å². The van der Waals surface area contributed by atoms with Crippen LogP contribution in [0, 0.1) is 0 Å². The molecule has 0 fully saturated rings. The molecule has 5 heteroatoms. The summed E-state index contributed by atoms with van der Waals surface area (Å²) in [6.45, 7) is 2.13. The van der Waals surface area contributed by atoms with Crippen molar-refractivity contribution in [3.8, 4) is 5.75 Å². The van der Waals surface area contributed by atoms with Crippen LogP contribution in [0.4, 0.5) is 0 Å². The maximum Gasteiger partial charge on any atom is 0.339 e. The second-order valence-electron chi connectivity index (χ2n) is 3.14. The number of ether oxygens (including phenoxy) is 1. The summed E-state index contributed by atoms with van der Waals surface area (Å²) in [5, 5.41) is 17.8. The van der Waals surface area contributed by atoms with Crippen LogP contribution in [-0.2, 0) is 0 Å². The molecule has 0 saturated heterocycles. The van der Waals surface area contributed by atoms with Crippen molar-refractivity contribution in [3.63, 3.8) is 0 Å². The molecule has 2 N–H and O–H groups in total. The predicted molar refractivity (Wildman–Crippen MR) is 56.1 cm³/mol. The number of hydrogen-bond donors (Lipinski definition) is 2. The second kappa shape index (κ2) is 5.16. The Morgan fingerprint density at radius 1 is 1.19 bits per heavy atom. The van der Waals surface area contributed by atoms with Crippen molar-refractivity contribution in [2.24, 2.45) is 0 Å². The van der Waals surface area contributed by atoms with Crippen LogP contribution in [0.2, 0.25) is 0 Å². The van der Waals surface area contributed by atoms with Crippen molar-refractivity contribution in [1.29, 1.82) is 0 Å². The quantitative estimate of drug-likeness (QED) is 0.797. The minimum absolute atomic E-state index is 0.0793. The molecule has 0 unspecified atom stereocenters. The zero-order valence-corrected chi connectivity index (χ0v) is 8.77. The highest BCUT2D eigenvalue weighted by Gasteiger charge is 2.19. The Morgan fingerprint density at radius 3 is 2.06 bits per heavy atom. The smallest absolute Gasteiger partial charge is 0.339 e. The molecule has 0 saturated carbocycles. The number of benzene rings is 1. The maximum absolute atomic E-state index is 10.9. The first-order valence-corrected chi connectivity index (χ1v) is 4.80. The van der Waals surface area contributed by atoms with Gasteiger partial charge < -0.3 is 14.9 Å². The first-order chi connectivity index (χ1) is 7.57. The lowest BCUT2D eigenvalue weighted by Gasteiger charge is -2.10. The lowest BCUT2D eigenvalue weighted by atomic mass is 10.1. The summed E-state index contributed by atoms with van der Waals surface area (Å²) in [7, 11) is 0. The Kier molecular flexibility index (Phi) is 3.88. The van der Waals surface area contributed by atoms with E-state index >= 15 is 0 Å². The topological polar surface area (TPSA) is 83.8 Å². The van der Waals surface area contributed by atoms with Gasteiger partial charge in [-0.15, -0.1) is 0 Å². The van der Waals surface area contributed by atoms with Gasteiger partial charge in [-0.3, -0.25) is 0 Å². The van der Waals surface area contributed by atoms with Crippen molar-refractivity contribution in [1.82, 2.24) is 0 Å². The number of carbonyl (C=O) groups is 2. The van der Waals surface area contributed by atoms with Gasteiger partial charge in [0.2, 0.25) is 0 Å². The molecule has 86 valence electrons. The van der Waals surface area contributed by atoms with Crippen molar-refractivity contribution in [3.05, 3.63) is 29.3 Å². The molecular formula is C11H12O5. The lowest BCUT2D eigenvalue weighted by Crippen LogP contribution is -2.09. The van der Waals surface area contributed by atoms with Crippen molar-refractivity contribution in [2.45, 2.75) is 13.3 Å². The third kappa shape index (κ3) is 2.50. The largest absolute Gasteiger partial charge is 0.492 e. The van der Waals surface area contributed by atoms with Gasteiger partial charge in [0.25, 0.3) is 0 Å². The molecule has 0 heterocycles. The van der Waals surface area contributed by atoms with Crippen LogP contribution >= 0.6 is 0 Å². The highest BCUT2D eigenvalue weighted by Crippen LogP contribution is 2.24. The average Bonchev–Trinajstić information content (AvgIpc) is 2.25. The number of carboxylic acid groups (broad SMARTS) is 2. The average molecular weight is 224 g/mol. The van der Waals surface area contributed by atoms with Crippen molar-refractivity contribution in [2.75, 3.05) is 6.61 Å². The van der Waals surface area contributed by atoms with E-state index in [9.17, 15) is 9.59 Å². The Balaban J connectivity index is 3.23. The number of rotatable bonds is 5. The van der Waals surface area contributed by atoms with E-state index in [1.54, 1.807) is 0 Å². The van der Waals surface area contributed by atoms with Crippen LogP contribution in [0.5, 0.6) is 5.75 Å². The molecule has 0 amide bonds. The Morgan fingerprint density at radius 2 is 1.69 bits per heavy atom. The SMILES string of the molecule is CCCOc1c(C(=O)O)cccc1C(=O)O. The van der Waals surface area contributed by atoms with Gasteiger partial charge in [-0.25, -0.2) is 9.59 Å². The molecule has 0 radical (unpaired) electrons. The van der Waals surface area contributed by atoms with Gasteiger partial charge in [-0.2, -0.15) is 0 Å². The van der Waals surface area contributed by atoms with E-state index in [1.165, 1.54) is 18.2 Å². The zero-order valence-electron chi connectivity index (χ0n) is 8.77. The summed E-state index contributed by atoms with van der Waals surface area (Å²) in [6, 6.07) is 4.02. The number of hydrogen-bond acceptors (Lipinski definition) is 3. The monoisotopic (exact) mass is 224 g/mol. The minimum atomic E-state index is -1.20. The summed E-state index contributed by atoms with van der Waals surface area (Å²) < 4.78 is 5.18. The predicted octanol–water partition coefficient (Wildman–Crippen LogP) is 1.87. The van der Waals surface area contributed by atoms with E-state index in [2.05, 4.69) is 0 Å². The molecule has 0 aliphatic heterocycles. The molecule has 1 aromatic rings. The van der Waals surface area contributed by atoms with E-state index in [1.807, 2.05) is 6.92 Å². The van der Waals surface area contributed by atoms with Gasteiger partial charge >= 0.3 is 11.9 Å². The maximum atomic E-state index is 10.9. The van der Waals surface area contributed by atoms with Gasteiger partial charge in [0.05, 0.1) is 6.61 Å². The Bertz CT molecular complexity index is 379. The minimum Gasteiger partial charge on any atom is -0.492 e. The molecule has 1 aromatic carbocycles. The number of para-hydroxylation sites is 1. The standard InChI is InChI=1S/C11H12O5/c1-2-6-16-9-7(10(12)13)4-3-5-8(9)11(14)15/h3-5H,2,6H2,1H3,(H,12,13)(H,14,15). The summed E-state index contributed by atoms with van der Waals surface area (Å²) in [4.78, 5) is 21.8. The molecule has 0 spiro atoms. The third-order valence-corrected chi connectivity index (χ3v) is 1.93. The highest BCUT2D eigenvalue weighted by atomic mass is 16.5.